The van der Waals surface area contributed by atoms with Crippen LogP contribution in [0.5, 0.6) is 0 Å². The van der Waals surface area contributed by atoms with Crippen molar-refractivity contribution in [2.75, 3.05) is 0 Å². The Morgan fingerprint density at radius 2 is 1.88 bits per heavy atom. The van der Waals surface area contributed by atoms with E-state index < -0.39 is 10.0 Å². The highest BCUT2D eigenvalue weighted by atomic mass is 32.2. The summed E-state index contributed by atoms with van der Waals surface area (Å²) < 4.78 is 28.4. The van der Waals surface area contributed by atoms with Gasteiger partial charge in [0.2, 0.25) is 10.0 Å². The molecule has 0 bridgehead atoms. The number of hydrogen-bond acceptors (Lipinski definition) is 2. The van der Waals surface area contributed by atoms with Crippen molar-refractivity contribution in [3.63, 3.8) is 0 Å². The number of aryl methyl sites for hydroxylation is 2. The SMILES string of the molecule is Cc1ccc(C)c(S(=O)(=O)NC2Cc3[nH]c4ccccc4c3C2)c1. The fourth-order valence-electron chi connectivity index (χ4n) is 3.59. The number of aromatic nitrogens is 1. The van der Waals surface area contributed by atoms with Crippen LogP contribution in [0.4, 0.5) is 0 Å². The molecule has 124 valence electrons. The van der Waals surface area contributed by atoms with Gasteiger partial charge in [-0.3, -0.25) is 0 Å². The quantitative estimate of drug-likeness (QED) is 0.769. The van der Waals surface area contributed by atoms with Gasteiger partial charge in [-0.2, -0.15) is 0 Å². The summed E-state index contributed by atoms with van der Waals surface area (Å²) in [5.41, 5.74) is 5.22. The third kappa shape index (κ3) is 2.54. The van der Waals surface area contributed by atoms with E-state index in [0.717, 1.165) is 28.8 Å². The molecule has 4 rings (SSSR count). The molecule has 3 aromatic rings. The van der Waals surface area contributed by atoms with Crippen LogP contribution in [-0.4, -0.2) is 19.4 Å². The molecule has 0 fully saturated rings. The van der Waals surface area contributed by atoms with Crippen LogP contribution < -0.4 is 4.72 Å². The standard InChI is InChI=1S/C19H20N2O2S/c1-12-7-8-13(2)19(9-12)24(22,23)21-14-10-16-15-5-3-4-6-17(15)20-18(16)11-14/h3-9,14,20-21H,10-11H2,1-2H3. The van der Waals surface area contributed by atoms with Crippen molar-refractivity contribution in [2.45, 2.75) is 37.6 Å². The Labute approximate surface area is 142 Å². The number of nitrogens with one attached hydrogen (secondary N) is 2. The van der Waals surface area contributed by atoms with Crippen LogP contribution in [0.3, 0.4) is 0 Å². The van der Waals surface area contributed by atoms with Gasteiger partial charge in [-0.05, 0) is 49.1 Å². The normalized spacial score (nSPS) is 17.3. The molecule has 1 aliphatic rings. The summed E-state index contributed by atoms with van der Waals surface area (Å²) in [5, 5.41) is 1.20. The van der Waals surface area contributed by atoms with Gasteiger partial charge in [-0.25, -0.2) is 13.1 Å². The van der Waals surface area contributed by atoms with Crippen LogP contribution in [0.15, 0.2) is 47.4 Å². The van der Waals surface area contributed by atoms with E-state index in [1.165, 1.54) is 10.9 Å². The fourth-order valence-corrected chi connectivity index (χ4v) is 5.16. The van der Waals surface area contributed by atoms with Gasteiger partial charge in [0.25, 0.3) is 0 Å². The van der Waals surface area contributed by atoms with Crippen molar-refractivity contribution in [1.82, 2.24) is 9.71 Å². The highest BCUT2D eigenvalue weighted by molar-refractivity contribution is 7.89. The molecule has 0 aliphatic heterocycles. The van der Waals surface area contributed by atoms with Crippen molar-refractivity contribution >= 4 is 20.9 Å². The molecule has 5 heteroatoms. The predicted octanol–water partition coefficient (Wildman–Crippen LogP) is 3.23. The first-order valence-corrected chi connectivity index (χ1v) is 9.60. The molecule has 0 amide bonds. The molecule has 24 heavy (non-hydrogen) atoms. The minimum absolute atomic E-state index is 0.0965. The molecule has 0 saturated heterocycles. The van der Waals surface area contributed by atoms with E-state index in [1.54, 1.807) is 6.07 Å². The highest BCUT2D eigenvalue weighted by Crippen LogP contribution is 2.30. The van der Waals surface area contributed by atoms with Gasteiger partial charge in [-0.1, -0.05) is 30.3 Å². The maximum atomic E-state index is 12.8. The number of rotatable bonds is 3. The maximum Gasteiger partial charge on any atom is 0.241 e. The molecule has 0 saturated carbocycles. The molecule has 0 spiro atoms. The maximum absolute atomic E-state index is 12.8. The van der Waals surface area contributed by atoms with Gasteiger partial charge < -0.3 is 4.98 Å². The monoisotopic (exact) mass is 340 g/mol. The number of aromatic amines is 1. The second-order valence-electron chi connectivity index (χ2n) is 6.62. The first-order chi connectivity index (χ1) is 11.4. The Morgan fingerprint density at radius 3 is 2.71 bits per heavy atom. The number of fused-ring (bicyclic) bond motifs is 3. The third-order valence-corrected chi connectivity index (χ3v) is 6.42. The van der Waals surface area contributed by atoms with E-state index in [4.69, 9.17) is 0 Å². The summed E-state index contributed by atoms with van der Waals surface area (Å²) in [6.45, 7) is 3.74. The lowest BCUT2D eigenvalue weighted by Gasteiger charge is -2.15. The van der Waals surface area contributed by atoms with Crippen molar-refractivity contribution in [1.29, 1.82) is 0 Å². The number of sulfonamides is 1. The second kappa shape index (κ2) is 5.46. The molecule has 1 aromatic heterocycles. The van der Waals surface area contributed by atoms with Crippen molar-refractivity contribution < 1.29 is 8.42 Å². The predicted molar refractivity (Wildman–Crippen MR) is 95.7 cm³/mol. The van der Waals surface area contributed by atoms with E-state index in [2.05, 4.69) is 21.8 Å². The van der Waals surface area contributed by atoms with Crippen molar-refractivity contribution in [3.05, 3.63) is 64.8 Å². The number of hydrogen-bond donors (Lipinski definition) is 2. The van der Waals surface area contributed by atoms with E-state index in [0.29, 0.717) is 11.3 Å². The molecule has 4 nitrogen and oxygen atoms in total. The number of H-pyrrole nitrogens is 1. The zero-order valence-corrected chi connectivity index (χ0v) is 14.6. The Morgan fingerprint density at radius 1 is 1.08 bits per heavy atom. The number of para-hydroxylation sites is 1. The Bertz CT molecular complexity index is 1030. The average molecular weight is 340 g/mol. The van der Waals surface area contributed by atoms with Gasteiger partial charge in [0.15, 0.2) is 0 Å². The van der Waals surface area contributed by atoms with Crippen LogP contribution in [0, 0.1) is 13.8 Å². The Hall–Kier alpha value is -2.11. The second-order valence-corrected chi connectivity index (χ2v) is 8.31. The molecule has 1 heterocycles. The lowest BCUT2D eigenvalue weighted by atomic mass is 10.1. The summed E-state index contributed by atoms with van der Waals surface area (Å²) in [4.78, 5) is 3.79. The largest absolute Gasteiger partial charge is 0.358 e. The van der Waals surface area contributed by atoms with E-state index >= 15 is 0 Å². The van der Waals surface area contributed by atoms with Gasteiger partial charge >= 0.3 is 0 Å². The molecule has 1 atom stereocenters. The van der Waals surface area contributed by atoms with Crippen molar-refractivity contribution in [2.24, 2.45) is 0 Å². The summed E-state index contributed by atoms with van der Waals surface area (Å²) in [6.07, 6.45) is 1.43. The fraction of sp³-hybridized carbons (Fsp3) is 0.263. The molecule has 0 radical (unpaired) electrons. The van der Waals surface area contributed by atoms with Crippen LogP contribution >= 0.6 is 0 Å². The minimum atomic E-state index is -3.51. The molecule has 1 aliphatic carbocycles. The van der Waals surface area contributed by atoms with Gasteiger partial charge in [-0.15, -0.1) is 0 Å². The first kappa shape index (κ1) is 15.4. The van der Waals surface area contributed by atoms with E-state index in [9.17, 15) is 8.42 Å². The highest BCUT2D eigenvalue weighted by Gasteiger charge is 2.29. The zero-order valence-electron chi connectivity index (χ0n) is 13.8. The summed E-state index contributed by atoms with van der Waals surface area (Å²) in [7, 11) is -3.51. The Kier molecular flexibility index (Phi) is 3.51. The number of benzene rings is 2. The first-order valence-electron chi connectivity index (χ1n) is 8.12. The van der Waals surface area contributed by atoms with Gasteiger partial charge in [0, 0.05) is 29.1 Å². The molecular weight excluding hydrogens is 320 g/mol. The molecular formula is C19H20N2O2S. The van der Waals surface area contributed by atoms with Crippen LogP contribution in [0.2, 0.25) is 0 Å². The van der Waals surface area contributed by atoms with Gasteiger partial charge in [0.1, 0.15) is 0 Å². The summed E-state index contributed by atoms with van der Waals surface area (Å²) in [5.74, 6) is 0. The summed E-state index contributed by atoms with van der Waals surface area (Å²) in [6, 6.07) is 13.6. The van der Waals surface area contributed by atoms with Crippen LogP contribution in [0.1, 0.15) is 22.4 Å². The smallest absolute Gasteiger partial charge is 0.241 e. The lowest BCUT2D eigenvalue weighted by Crippen LogP contribution is -2.35. The van der Waals surface area contributed by atoms with E-state index in [1.807, 2.05) is 38.1 Å². The molecule has 1 unspecified atom stereocenters. The molecule has 2 aromatic carbocycles. The third-order valence-electron chi connectivity index (χ3n) is 4.76. The molecule has 2 N–H and O–H groups in total. The lowest BCUT2D eigenvalue weighted by molar-refractivity contribution is 0.554. The zero-order chi connectivity index (χ0) is 16.9. The van der Waals surface area contributed by atoms with Crippen molar-refractivity contribution in [3.8, 4) is 0 Å². The van der Waals surface area contributed by atoms with Crippen LogP contribution in [0.25, 0.3) is 10.9 Å². The Balaban J connectivity index is 1.61. The van der Waals surface area contributed by atoms with Crippen LogP contribution in [-0.2, 0) is 22.9 Å². The van der Waals surface area contributed by atoms with Gasteiger partial charge in [0.05, 0.1) is 4.90 Å². The minimum Gasteiger partial charge on any atom is -0.358 e. The van der Waals surface area contributed by atoms with E-state index in [-0.39, 0.29) is 6.04 Å². The average Bonchev–Trinajstić information content (AvgIpc) is 3.06. The summed E-state index contributed by atoms with van der Waals surface area (Å²) >= 11 is 0. The topological polar surface area (TPSA) is 62.0 Å².